The predicted octanol–water partition coefficient (Wildman–Crippen LogP) is 4.37. The molecule has 0 saturated carbocycles. The highest BCUT2D eigenvalue weighted by Crippen LogP contribution is 2.37. The average Bonchev–Trinajstić information content (AvgIpc) is 3.04. The van der Waals surface area contributed by atoms with E-state index in [9.17, 15) is 13.2 Å². The lowest BCUT2D eigenvalue weighted by Crippen LogP contribution is -2.23. The molecule has 2 atom stereocenters. The smallest absolute Gasteiger partial charge is 0.379 e. The SMILES string of the molecule is C=[N+](CCC(C[C@H](CC)C(F)(F)F)=C1NC1C)SC(C)C. The number of nitrogens with one attached hydrogen (secondary N) is 1. The van der Waals surface area contributed by atoms with Gasteiger partial charge in [0.25, 0.3) is 0 Å². The summed E-state index contributed by atoms with van der Waals surface area (Å²) in [4.78, 5) is 0. The maximum Gasteiger partial charge on any atom is 0.392 e. The fourth-order valence-electron chi connectivity index (χ4n) is 2.35. The van der Waals surface area contributed by atoms with Crippen LogP contribution in [0.5, 0.6) is 0 Å². The Morgan fingerprint density at radius 2 is 2.00 bits per heavy atom. The molecule has 1 N–H and O–H groups in total. The molecule has 1 unspecified atom stereocenters. The van der Waals surface area contributed by atoms with Gasteiger partial charge in [-0.1, -0.05) is 6.92 Å². The van der Waals surface area contributed by atoms with Gasteiger partial charge in [-0.3, -0.25) is 0 Å². The van der Waals surface area contributed by atoms with Crippen LogP contribution in [-0.4, -0.2) is 34.7 Å². The van der Waals surface area contributed by atoms with E-state index in [-0.39, 0.29) is 18.9 Å². The van der Waals surface area contributed by atoms with Crippen LogP contribution < -0.4 is 5.32 Å². The molecule has 0 bridgehead atoms. The van der Waals surface area contributed by atoms with Gasteiger partial charge in [0.1, 0.15) is 6.72 Å². The van der Waals surface area contributed by atoms with Crippen LogP contribution in [0.25, 0.3) is 0 Å². The normalized spacial score (nSPS) is 22.0. The molecule has 1 saturated heterocycles. The van der Waals surface area contributed by atoms with E-state index in [1.165, 1.54) is 0 Å². The van der Waals surface area contributed by atoms with Gasteiger partial charge in [0.05, 0.1) is 17.2 Å². The molecule has 0 aromatic carbocycles. The van der Waals surface area contributed by atoms with Gasteiger partial charge in [-0.05, 0) is 39.2 Å². The van der Waals surface area contributed by atoms with E-state index in [0.717, 1.165) is 11.3 Å². The molecule has 1 fully saturated rings. The van der Waals surface area contributed by atoms with E-state index >= 15 is 0 Å². The zero-order valence-corrected chi connectivity index (χ0v) is 14.1. The van der Waals surface area contributed by atoms with Crippen molar-refractivity contribution in [3.8, 4) is 0 Å². The van der Waals surface area contributed by atoms with Crippen LogP contribution in [0.2, 0.25) is 0 Å². The van der Waals surface area contributed by atoms with Gasteiger partial charge in [0, 0.05) is 12.1 Å². The van der Waals surface area contributed by atoms with Crippen LogP contribution in [0.15, 0.2) is 11.3 Å². The lowest BCUT2D eigenvalue weighted by Gasteiger charge is -2.19. The van der Waals surface area contributed by atoms with Gasteiger partial charge in [0.2, 0.25) is 0 Å². The predicted molar refractivity (Wildman–Crippen MR) is 83.7 cm³/mol. The maximum atomic E-state index is 13.0. The number of hydrogen-bond acceptors (Lipinski definition) is 2. The lowest BCUT2D eigenvalue weighted by atomic mass is 9.94. The summed E-state index contributed by atoms with van der Waals surface area (Å²) in [7, 11) is 0. The van der Waals surface area contributed by atoms with Crippen LogP contribution in [0.3, 0.4) is 0 Å². The summed E-state index contributed by atoms with van der Waals surface area (Å²) in [5, 5.41) is 3.57. The Morgan fingerprint density at radius 3 is 2.38 bits per heavy atom. The Hall–Kier alpha value is -0.650. The second-order valence-corrected chi connectivity index (χ2v) is 7.51. The number of rotatable bonds is 8. The van der Waals surface area contributed by atoms with Gasteiger partial charge >= 0.3 is 6.18 Å². The van der Waals surface area contributed by atoms with Crippen LogP contribution in [0.1, 0.15) is 47.0 Å². The minimum Gasteiger partial charge on any atom is -0.379 e. The summed E-state index contributed by atoms with van der Waals surface area (Å²) < 4.78 is 40.8. The topological polar surface area (TPSA) is 25.0 Å². The van der Waals surface area contributed by atoms with Crippen molar-refractivity contribution in [1.82, 2.24) is 5.32 Å². The third-order valence-electron chi connectivity index (χ3n) is 3.57. The lowest BCUT2D eigenvalue weighted by molar-refractivity contribution is -0.337. The highest BCUT2D eigenvalue weighted by Gasteiger charge is 2.40. The summed E-state index contributed by atoms with van der Waals surface area (Å²) in [6.07, 6.45) is -3.24. The second-order valence-electron chi connectivity index (χ2n) is 5.84. The summed E-state index contributed by atoms with van der Waals surface area (Å²) in [5.41, 5.74) is 1.91. The maximum absolute atomic E-state index is 13.0. The third kappa shape index (κ3) is 6.32. The Bertz CT molecular complexity index is 402. The Balaban J connectivity index is 2.65. The fourth-order valence-corrected chi connectivity index (χ4v) is 3.14. The summed E-state index contributed by atoms with van der Waals surface area (Å²) in [6.45, 7) is 12.3. The molecular weight excluding hydrogens is 297 g/mol. The second kappa shape index (κ2) is 7.56. The van der Waals surface area contributed by atoms with Crippen molar-refractivity contribution in [1.29, 1.82) is 0 Å². The summed E-state index contributed by atoms with van der Waals surface area (Å²) >= 11 is 1.62. The van der Waals surface area contributed by atoms with Gasteiger partial charge in [-0.2, -0.15) is 17.2 Å². The Morgan fingerprint density at radius 1 is 1.43 bits per heavy atom. The van der Waals surface area contributed by atoms with Crippen LogP contribution >= 0.6 is 11.9 Å². The Kier molecular flexibility index (Phi) is 6.63. The fraction of sp³-hybridized carbons (Fsp3) is 0.800. The van der Waals surface area contributed by atoms with Crippen LogP contribution in [0.4, 0.5) is 13.2 Å². The standard InChI is InChI=1S/C15H26F3N2S/c1-6-13(15(16,17)18)9-12(14-11(4)19-14)7-8-20(5)21-10(2)3/h10-11,13,19H,5-9H2,1-4H3/q+1/t11?,13-/m0/s1. The molecule has 2 nitrogen and oxygen atoms in total. The highest BCUT2D eigenvalue weighted by atomic mass is 32.2. The van der Waals surface area contributed by atoms with Gasteiger partial charge in [-0.15, -0.1) is 0 Å². The quantitative estimate of drug-likeness (QED) is 0.310. The average molecular weight is 323 g/mol. The largest absolute Gasteiger partial charge is 0.392 e. The summed E-state index contributed by atoms with van der Waals surface area (Å²) in [6, 6.07) is 0.224. The van der Waals surface area contributed by atoms with Crippen molar-refractivity contribution in [3.05, 3.63) is 11.3 Å². The first-order chi connectivity index (χ1) is 9.65. The molecular formula is C15H26F3N2S+. The first kappa shape index (κ1) is 18.4. The molecule has 0 spiro atoms. The van der Waals surface area contributed by atoms with E-state index in [1.807, 2.05) is 10.9 Å². The van der Waals surface area contributed by atoms with Crippen LogP contribution in [-0.2, 0) is 0 Å². The minimum atomic E-state index is -4.12. The minimum absolute atomic E-state index is 0.104. The van der Waals surface area contributed by atoms with Gasteiger partial charge in [-0.25, -0.2) is 0 Å². The van der Waals surface area contributed by atoms with Crippen molar-refractivity contribution in [2.24, 2.45) is 5.92 Å². The summed E-state index contributed by atoms with van der Waals surface area (Å²) in [5.74, 6) is -1.24. The van der Waals surface area contributed by atoms with E-state index < -0.39 is 12.1 Å². The molecule has 122 valence electrons. The van der Waals surface area contributed by atoms with Gasteiger partial charge in [0.15, 0.2) is 18.5 Å². The van der Waals surface area contributed by atoms with Crippen molar-refractivity contribution < 1.29 is 17.2 Å². The molecule has 6 heteroatoms. The van der Waals surface area contributed by atoms with E-state index in [1.54, 1.807) is 18.9 Å². The molecule has 0 radical (unpaired) electrons. The first-order valence-electron chi connectivity index (χ1n) is 7.45. The van der Waals surface area contributed by atoms with E-state index in [2.05, 4.69) is 25.9 Å². The number of hydrogen-bond donors (Lipinski definition) is 1. The third-order valence-corrected chi connectivity index (χ3v) is 4.48. The number of nitrogens with zero attached hydrogens (tertiary/aromatic N) is 1. The molecule has 0 aromatic rings. The first-order valence-corrected chi connectivity index (χ1v) is 8.28. The Labute approximate surface area is 130 Å². The highest BCUT2D eigenvalue weighted by molar-refractivity contribution is 7.94. The van der Waals surface area contributed by atoms with Gasteiger partial charge < -0.3 is 5.32 Å². The number of halogens is 3. The number of alkyl halides is 3. The van der Waals surface area contributed by atoms with Crippen molar-refractivity contribution in [3.63, 3.8) is 0 Å². The van der Waals surface area contributed by atoms with E-state index in [0.29, 0.717) is 18.2 Å². The molecule has 1 aliphatic heterocycles. The molecule has 1 heterocycles. The molecule has 21 heavy (non-hydrogen) atoms. The monoisotopic (exact) mass is 323 g/mol. The van der Waals surface area contributed by atoms with Crippen molar-refractivity contribution in [2.75, 3.05) is 6.54 Å². The molecule has 1 aliphatic rings. The molecule has 0 aliphatic carbocycles. The van der Waals surface area contributed by atoms with E-state index in [4.69, 9.17) is 0 Å². The van der Waals surface area contributed by atoms with Crippen molar-refractivity contribution >= 4 is 18.7 Å². The molecule has 0 amide bonds. The molecule has 0 aromatic heterocycles. The zero-order valence-electron chi connectivity index (χ0n) is 13.3. The molecule has 1 rings (SSSR count). The zero-order chi connectivity index (χ0) is 16.2. The van der Waals surface area contributed by atoms with Crippen LogP contribution in [0, 0.1) is 5.92 Å². The van der Waals surface area contributed by atoms with Crippen molar-refractivity contribution in [2.45, 2.75) is 64.4 Å².